The Balaban J connectivity index is 2.01. The maximum absolute atomic E-state index is 12.2. The molecule has 2 aromatic carbocycles. The topological polar surface area (TPSA) is 81.5 Å². The van der Waals surface area contributed by atoms with Crippen molar-refractivity contribution in [3.63, 3.8) is 0 Å². The van der Waals surface area contributed by atoms with E-state index in [2.05, 4.69) is 5.32 Å². The van der Waals surface area contributed by atoms with Crippen LogP contribution in [0.5, 0.6) is 5.75 Å². The maximum Gasteiger partial charge on any atom is 0.312 e. The van der Waals surface area contributed by atoms with Crippen molar-refractivity contribution in [2.24, 2.45) is 0 Å². The molecule has 6 nitrogen and oxygen atoms in total. The van der Waals surface area contributed by atoms with Crippen molar-refractivity contribution < 1.29 is 14.5 Å². The van der Waals surface area contributed by atoms with E-state index in [1.54, 1.807) is 0 Å². The van der Waals surface area contributed by atoms with Crippen molar-refractivity contribution in [2.45, 2.75) is 25.8 Å². The van der Waals surface area contributed by atoms with Gasteiger partial charge in [0.15, 0.2) is 12.4 Å². The van der Waals surface area contributed by atoms with Gasteiger partial charge in [0, 0.05) is 11.1 Å². The summed E-state index contributed by atoms with van der Waals surface area (Å²) in [5.74, 6) is -0.331. The molecule has 2 aromatic rings. The average Bonchev–Trinajstić information content (AvgIpc) is 2.61. The normalized spacial score (nSPS) is 11.6. The number of nitro benzene ring substituents is 1. The summed E-state index contributed by atoms with van der Waals surface area (Å²) in [5.41, 5.74) is 0.739. The lowest BCUT2D eigenvalue weighted by molar-refractivity contribution is -0.385. The van der Waals surface area contributed by atoms with Gasteiger partial charge in [0.25, 0.3) is 5.91 Å². The van der Waals surface area contributed by atoms with Crippen LogP contribution in [0.2, 0.25) is 5.02 Å². The van der Waals surface area contributed by atoms with Gasteiger partial charge in [0.1, 0.15) is 0 Å². The summed E-state index contributed by atoms with van der Waals surface area (Å²) in [6.45, 7) is 1.73. The van der Waals surface area contributed by atoms with E-state index < -0.39 is 4.92 Å². The van der Waals surface area contributed by atoms with Gasteiger partial charge in [-0.3, -0.25) is 14.9 Å². The van der Waals surface area contributed by atoms with Crippen molar-refractivity contribution in [1.82, 2.24) is 5.32 Å². The van der Waals surface area contributed by atoms with E-state index in [0.717, 1.165) is 18.4 Å². The van der Waals surface area contributed by atoms with Crippen molar-refractivity contribution in [3.05, 3.63) is 69.2 Å². The zero-order valence-corrected chi connectivity index (χ0v) is 14.5. The van der Waals surface area contributed by atoms with Gasteiger partial charge in [0.05, 0.1) is 11.0 Å². The lowest BCUT2D eigenvalue weighted by Crippen LogP contribution is -2.32. The monoisotopic (exact) mass is 362 g/mol. The Labute approximate surface area is 150 Å². The molecular weight excluding hydrogens is 344 g/mol. The number of amides is 1. The molecule has 0 saturated carbocycles. The largest absolute Gasteiger partial charge is 0.477 e. The van der Waals surface area contributed by atoms with Crippen LogP contribution in [-0.4, -0.2) is 17.4 Å². The summed E-state index contributed by atoms with van der Waals surface area (Å²) in [6.07, 6.45) is 1.69. The summed E-state index contributed by atoms with van der Waals surface area (Å²) in [5, 5.41) is 14.2. The first-order valence-electron chi connectivity index (χ1n) is 7.92. The van der Waals surface area contributed by atoms with Crippen LogP contribution in [-0.2, 0) is 4.79 Å². The average molecular weight is 363 g/mol. The molecule has 0 heterocycles. The third-order valence-corrected chi connectivity index (χ3v) is 3.83. The minimum absolute atomic E-state index is 0.0105. The van der Waals surface area contributed by atoms with Crippen LogP contribution < -0.4 is 10.1 Å². The lowest BCUT2D eigenvalue weighted by atomic mass is 10.0. The van der Waals surface area contributed by atoms with E-state index in [-0.39, 0.29) is 35.0 Å². The van der Waals surface area contributed by atoms with Crippen LogP contribution in [0.3, 0.4) is 0 Å². The van der Waals surface area contributed by atoms with E-state index in [1.807, 2.05) is 37.3 Å². The first-order chi connectivity index (χ1) is 12.0. The van der Waals surface area contributed by atoms with Gasteiger partial charge in [-0.2, -0.15) is 0 Å². The summed E-state index contributed by atoms with van der Waals surface area (Å²) in [7, 11) is 0. The molecule has 0 aromatic heterocycles. The molecule has 0 radical (unpaired) electrons. The Hall–Kier alpha value is -2.60. The van der Waals surface area contributed by atoms with Crippen molar-refractivity contribution >= 4 is 23.2 Å². The molecule has 1 N–H and O–H groups in total. The number of halogens is 1. The standard InChI is InChI=1S/C18H19ClN2O4/c1-2-6-15(13-7-4-3-5-8-13)20-18(22)12-25-17-10-9-14(19)11-16(17)21(23)24/h3-5,7-11,15H,2,6,12H2,1H3,(H,20,22)/t15-/m0/s1. The van der Waals surface area contributed by atoms with Crippen LogP contribution in [0, 0.1) is 10.1 Å². The number of nitro groups is 1. The lowest BCUT2D eigenvalue weighted by Gasteiger charge is -2.18. The molecule has 7 heteroatoms. The number of carbonyl (C=O) groups is 1. The maximum atomic E-state index is 12.2. The Bertz CT molecular complexity index is 737. The van der Waals surface area contributed by atoms with Gasteiger partial charge in [0.2, 0.25) is 0 Å². The molecule has 0 spiro atoms. The fourth-order valence-corrected chi connectivity index (χ4v) is 2.60. The Morgan fingerprint density at radius 1 is 1.28 bits per heavy atom. The number of carbonyl (C=O) groups excluding carboxylic acids is 1. The number of rotatable bonds is 8. The third kappa shape index (κ3) is 5.46. The molecule has 132 valence electrons. The van der Waals surface area contributed by atoms with Gasteiger partial charge in [-0.25, -0.2) is 0 Å². The van der Waals surface area contributed by atoms with Crippen LogP contribution in [0.4, 0.5) is 5.69 Å². The number of ether oxygens (including phenoxy) is 1. The van der Waals surface area contributed by atoms with E-state index in [9.17, 15) is 14.9 Å². The minimum Gasteiger partial charge on any atom is -0.477 e. The number of benzene rings is 2. The summed E-state index contributed by atoms with van der Waals surface area (Å²) >= 11 is 5.76. The molecule has 1 atom stereocenters. The number of hydrogen-bond acceptors (Lipinski definition) is 4. The molecule has 25 heavy (non-hydrogen) atoms. The minimum atomic E-state index is -0.594. The molecule has 1 amide bonds. The molecule has 0 fully saturated rings. The van der Waals surface area contributed by atoms with Crippen molar-refractivity contribution in [3.8, 4) is 5.75 Å². The van der Waals surface area contributed by atoms with E-state index in [4.69, 9.17) is 16.3 Å². The Morgan fingerprint density at radius 2 is 2.00 bits per heavy atom. The second-order valence-corrected chi connectivity index (χ2v) is 5.91. The zero-order valence-electron chi connectivity index (χ0n) is 13.8. The SMILES string of the molecule is CCC[C@H](NC(=O)COc1ccc(Cl)cc1[N+](=O)[O-])c1ccccc1. The summed E-state index contributed by atoms with van der Waals surface area (Å²) < 4.78 is 5.32. The van der Waals surface area contributed by atoms with Crippen LogP contribution in [0.1, 0.15) is 31.4 Å². The predicted molar refractivity (Wildman–Crippen MR) is 95.8 cm³/mol. The fraction of sp³-hybridized carbons (Fsp3) is 0.278. The summed E-state index contributed by atoms with van der Waals surface area (Å²) in [4.78, 5) is 22.6. The van der Waals surface area contributed by atoms with E-state index in [1.165, 1.54) is 18.2 Å². The summed E-state index contributed by atoms with van der Waals surface area (Å²) in [6, 6.07) is 13.6. The molecule has 2 rings (SSSR count). The van der Waals surface area contributed by atoms with Gasteiger partial charge in [-0.15, -0.1) is 0 Å². The molecule has 0 aliphatic heterocycles. The van der Waals surface area contributed by atoms with Crippen LogP contribution in [0.15, 0.2) is 48.5 Å². The third-order valence-electron chi connectivity index (χ3n) is 3.59. The highest BCUT2D eigenvalue weighted by Gasteiger charge is 2.18. The van der Waals surface area contributed by atoms with Gasteiger partial charge in [-0.1, -0.05) is 55.3 Å². The molecule has 0 bridgehead atoms. The number of nitrogens with zero attached hydrogens (tertiary/aromatic N) is 1. The first kappa shape index (κ1) is 18.7. The smallest absolute Gasteiger partial charge is 0.312 e. The molecule has 0 aliphatic carbocycles. The van der Waals surface area contributed by atoms with Gasteiger partial charge >= 0.3 is 5.69 Å². The Kier molecular flexibility index (Phi) is 6.77. The Morgan fingerprint density at radius 3 is 2.64 bits per heavy atom. The quantitative estimate of drug-likeness (QED) is 0.561. The molecule has 0 aliphatic rings. The van der Waals surface area contributed by atoms with Gasteiger partial charge in [-0.05, 0) is 24.1 Å². The second kappa shape index (κ2) is 9.03. The highest BCUT2D eigenvalue weighted by atomic mass is 35.5. The van der Waals surface area contributed by atoms with Crippen LogP contribution in [0.25, 0.3) is 0 Å². The van der Waals surface area contributed by atoms with E-state index >= 15 is 0 Å². The highest BCUT2D eigenvalue weighted by molar-refractivity contribution is 6.30. The van der Waals surface area contributed by atoms with Crippen LogP contribution >= 0.6 is 11.6 Å². The van der Waals surface area contributed by atoms with Crippen molar-refractivity contribution in [2.75, 3.05) is 6.61 Å². The molecule has 0 saturated heterocycles. The fourth-order valence-electron chi connectivity index (χ4n) is 2.43. The molecular formula is C18H19ClN2O4. The van der Waals surface area contributed by atoms with Crippen molar-refractivity contribution in [1.29, 1.82) is 0 Å². The zero-order chi connectivity index (χ0) is 18.2. The highest BCUT2D eigenvalue weighted by Crippen LogP contribution is 2.29. The first-order valence-corrected chi connectivity index (χ1v) is 8.30. The number of hydrogen-bond donors (Lipinski definition) is 1. The van der Waals surface area contributed by atoms with E-state index in [0.29, 0.717) is 0 Å². The molecule has 0 unspecified atom stereocenters. The second-order valence-electron chi connectivity index (χ2n) is 5.48. The number of nitrogens with one attached hydrogen (secondary N) is 1. The van der Waals surface area contributed by atoms with Gasteiger partial charge < -0.3 is 10.1 Å². The predicted octanol–water partition coefficient (Wildman–Crippen LogP) is 4.28.